The van der Waals surface area contributed by atoms with Crippen LogP contribution in [0.3, 0.4) is 0 Å². The highest BCUT2D eigenvalue weighted by Crippen LogP contribution is 2.30. The largest absolute Gasteiger partial charge is 0.369 e. The van der Waals surface area contributed by atoms with Crippen molar-refractivity contribution in [1.82, 2.24) is 14.8 Å². The zero-order valence-electron chi connectivity index (χ0n) is 16.1. The number of rotatable bonds is 4. The summed E-state index contributed by atoms with van der Waals surface area (Å²) in [5, 5.41) is 0. The van der Waals surface area contributed by atoms with Gasteiger partial charge >= 0.3 is 0 Å². The summed E-state index contributed by atoms with van der Waals surface area (Å²) >= 11 is 0. The van der Waals surface area contributed by atoms with Gasteiger partial charge in [0.15, 0.2) is 0 Å². The van der Waals surface area contributed by atoms with E-state index in [0.29, 0.717) is 6.54 Å². The topological polar surface area (TPSA) is 39.7 Å². The minimum absolute atomic E-state index is 0.146. The fourth-order valence-electron chi connectivity index (χ4n) is 4.22. The number of benzene rings is 1. The first-order valence-electron chi connectivity index (χ1n) is 9.95. The van der Waals surface area contributed by atoms with Crippen LogP contribution in [-0.4, -0.2) is 60.0 Å². The molecule has 2 aromatic rings. The van der Waals surface area contributed by atoms with E-state index in [1.165, 1.54) is 11.3 Å². The summed E-state index contributed by atoms with van der Waals surface area (Å²) < 4.78 is 0. The van der Waals surface area contributed by atoms with Crippen LogP contribution in [0.5, 0.6) is 0 Å². The molecule has 0 spiro atoms. The third-order valence-corrected chi connectivity index (χ3v) is 5.70. The summed E-state index contributed by atoms with van der Waals surface area (Å²) in [4.78, 5) is 24.2. The quantitative estimate of drug-likeness (QED) is 0.836. The Morgan fingerprint density at radius 1 is 1.07 bits per heavy atom. The molecule has 4 rings (SSSR count). The molecule has 5 nitrogen and oxygen atoms in total. The number of carbonyl (C=O) groups is 1. The van der Waals surface area contributed by atoms with E-state index < -0.39 is 0 Å². The van der Waals surface area contributed by atoms with Gasteiger partial charge in [0, 0.05) is 44.6 Å². The molecule has 0 aliphatic carbocycles. The zero-order chi connectivity index (χ0) is 18.6. The van der Waals surface area contributed by atoms with Gasteiger partial charge in [0.2, 0.25) is 5.91 Å². The van der Waals surface area contributed by atoms with Gasteiger partial charge in [-0.05, 0) is 49.6 Å². The number of anilines is 1. The van der Waals surface area contributed by atoms with Crippen molar-refractivity contribution in [2.45, 2.75) is 25.8 Å². The van der Waals surface area contributed by atoms with Crippen LogP contribution in [0, 0.1) is 6.92 Å². The number of aryl methyl sites for hydroxylation is 1. The average Bonchev–Trinajstić information content (AvgIpc) is 3.19. The molecule has 142 valence electrons. The minimum Gasteiger partial charge on any atom is -0.369 e. The number of aromatic nitrogens is 1. The normalized spacial score (nSPS) is 20.9. The Labute approximate surface area is 161 Å². The maximum atomic E-state index is 12.9. The van der Waals surface area contributed by atoms with Crippen LogP contribution in [-0.2, 0) is 4.79 Å². The Balaban J connectivity index is 1.33. The predicted molar refractivity (Wildman–Crippen MR) is 108 cm³/mol. The van der Waals surface area contributed by atoms with E-state index >= 15 is 0 Å². The molecule has 0 saturated carbocycles. The SMILES string of the molecule is Cc1cccc(N2CCN(CC(=O)N3CCC[C@@H]3c3ccccn3)CC2)c1. The second-order valence-corrected chi connectivity index (χ2v) is 7.60. The van der Waals surface area contributed by atoms with Gasteiger partial charge in [0.1, 0.15) is 0 Å². The summed E-state index contributed by atoms with van der Waals surface area (Å²) in [6.07, 6.45) is 3.90. The van der Waals surface area contributed by atoms with E-state index in [0.717, 1.165) is 51.3 Å². The maximum absolute atomic E-state index is 12.9. The molecule has 1 aromatic heterocycles. The lowest BCUT2D eigenvalue weighted by molar-refractivity contribution is -0.133. The lowest BCUT2D eigenvalue weighted by Gasteiger charge is -2.37. The molecule has 2 fully saturated rings. The van der Waals surface area contributed by atoms with Crippen molar-refractivity contribution in [3.05, 3.63) is 59.9 Å². The second-order valence-electron chi connectivity index (χ2n) is 7.60. The second kappa shape index (κ2) is 8.09. The smallest absolute Gasteiger partial charge is 0.237 e. The molecule has 1 amide bonds. The van der Waals surface area contributed by atoms with E-state index in [1.807, 2.05) is 29.3 Å². The summed E-state index contributed by atoms with van der Waals surface area (Å²) in [5.41, 5.74) is 3.60. The molecule has 0 radical (unpaired) electrons. The van der Waals surface area contributed by atoms with E-state index in [2.05, 4.69) is 46.0 Å². The third kappa shape index (κ3) is 4.14. The van der Waals surface area contributed by atoms with E-state index in [-0.39, 0.29) is 11.9 Å². The fourth-order valence-corrected chi connectivity index (χ4v) is 4.22. The zero-order valence-corrected chi connectivity index (χ0v) is 16.1. The number of piperazine rings is 1. The van der Waals surface area contributed by atoms with Gasteiger partial charge in [-0.1, -0.05) is 18.2 Å². The first-order valence-corrected chi connectivity index (χ1v) is 9.95. The number of hydrogen-bond acceptors (Lipinski definition) is 4. The van der Waals surface area contributed by atoms with Crippen molar-refractivity contribution in [3.8, 4) is 0 Å². The van der Waals surface area contributed by atoms with E-state index in [4.69, 9.17) is 0 Å². The highest BCUT2D eigenvalue weighted by atomic mass is 16.2. The standard InChI is InChI=1S/C22H28N4O/c1-18-6-4-7-19(16-18)25-14-12-24(13-15-25)17-22(27)26-11-5-9-21(26)20-8-2-3-10-23-20/h2-4,6-8,10,16,21H,5,9,11-15,17H2,1H3/t21-/m1/s1. The van der Waals surface area contributed by atoms with Crippen molar-refractivity contribution >= 4 is 11.6 Å². The molecular weight excluding hydrogens is 336 g/mol. The molecule has 0 bridgehead atoms. The first kappa shape index (κ1) is 18.0. The predicted octanol–water partition coefficient (Wildman–Crippen LogP) is 2.88. The van der Waals surface area contributed by atoms with Gasteiger partial charge in [-0.3, -0.25) is 14.7 Å². The third-order valence-electron chi connectivity index (χ3n) is 5.70. The van der Waals surface area contributed by atoms with E-state index in [9.17, 15) is 4.79 Å². The molecule has 3 heterocycles. The summed E-state index contributed by atoms with van der Waals surface area (Å²) in [6, 6.07) is 14.8. The van der Waals surface area contributed by atoms with Gasteiger partial charge in [0.05, 0.1) is 18.3 Å². The minimum atomic E-state index is 0.146. The molecule has 0 N–H and O–H groups in total. The van der Waals surface area contributed by atoms with Gasteiger partial charge in [-0.2, -0.15) is 0 Å². The molecule has 2 aliphatic rings. The Morgan fingerprint density at radius 2 is 1.93 bits per heavy atom. The lowest BCUT2D eigenvalue weighted by Crippen LogP contribution is -2.50. The Bertz CT molecular complexity index is 771. The van der Waals surface area contributed by atoms with Crippen molar-refractivity contribution in [1.29, 1.82) is 0 Å². The van der Waals surface area contributed by atoms with Crippen molar-refractivity contribution in [2.75, 3.05) is 44.2 Å². The summed E-state index contributed by atoms with van der Waals surface area (Å²) in [5.74, 6) is 0.243. The van der Waals surface area contributed by atoms with Crippen molar-refractivity contribution in [3.63, 3.8) is 0 Å². The highest BCUT2D eigenvalue weighted by Gasteiger charge is 2.32. The van der Waals surface area contributed by atoms with Crippen LogP contribution in [0.25, 0.3) is 0 Å². The molecule has 27 heavy (non-hydrogen) atoms. The lowest BCUT2D eigenvalue weighted by atomic mass is 10.1. The van der Waals surface area contributed by atoms with Crippen LogP contribution in [0.4, 0.5) is 5.69 Å². The molecule has 5 heteroatoms. The summed E-state index contributed by atoms with van der Waals surface area (Å²) in [6.45, 7) is 7.31. The fraction of sp³-hybridized carbons (Fsp3) is 0.455. The number of pyridine rings is 1. The number of amides is 1. The average molecular weight is 364 g/mol. The summed E-state index contributed by atoms with van der Waals surface area (Å²) in [7, 11) is 0. The van der Waals surface area contributed by atoms with Crippen LogP contribution in [0.1, 0.15) is 30.1 Å². The van der Waals surface area contributed by atoms with Crippen LogP contribution in [0.15, 0.2) is 48.7 Å². The van der Waals surface area contributed by atoms with Crippen LogP contribution in [0.2, 0.25) is 0 Å². The van der Waals surface area contributed by atoms with Crippen LogP contribution < -0.4 is 4.90 Å². The Kier molecular flexibility index (Phi) is 5.39. The van der Waals surface area contributed by atoms with Gasteiger partial charge in [-0.25, -0.2) is 0 Å². The molecule has 0 unspecified atom stereocenters. The Morgan fingerprint density at radius 3 is 2.67 bits per heavy atom. The Hall–Kier alpha value is -2.40. The van der Waals surface area contributed by atoms with Crippen LogP contribution >= 0.6 is 0 Å². The van der Waals surface area contributed by atoms with Gasteiger partial charge < -0.3 is 9.80 Å². The first-order chi connectivity index (χ1) is 13.2. The molecule has 1 aromatic carbocycles. The molecule has 2 aliphatic heterocycles. The molecular formula is C22H28N4O. The number of carbonyl (C=O) groups excluding carboxylic acids is 1. The molecule has 2 saturated heterocycles. The molecule has 1 atom stereocenters. The van der Waals surface area contributed by atoms with Gasteiger partial charge in [-0.15, -0.1) is 0 Å². The van der Waals surface area contributed by atoms with Gasteiger partial charge in [0.25, 0.3) is 0 Å². The monoisotopic (exact) mass is 364 g/mol. The number of nitrogens with zero attached hydrogens (tertiary/aromatic N) is 4. The van der Waals surface area contributed by atoms with Crippen molar-refractivity contribution in [2.24, 2.45) is 0 Å². The number of hydrogen-bond donors (Lipinski definition) is 0. The number of likely N-dealkylation sites (tertiary alicyclic amines) is 1. The van der Waals surface area contributed by atoms with E-state index in [1.54, 1.807) is 0 Å². The highest BCUT2D eigenvalue weighted by molar-refractivity contribution is 5.79. The maximum Gasteiger partial charge on any atom is 0.237 e. The van der Waals surface area contributed by atoms with Crippen molar-refractivity contribution < 1.29 is 4.79 Å².